The SMILES string of the molecule is O=C(NCc1ccc(Br)s1)c1cnccc1Cl. The van der Waals surface area contributed by atoms with Crippen LogP contribution in [0.1, 0.15) is 15.2 Å². The van der Waals surface area contributed by atoms with Gasteiger partial charge in [0.05, 0.1) is 20.9 Å². The lowest BCUT2D eigenvalue weighted by molar-refractivity contribution is 0.0951. The Labute approximate surface area is 116 Å². The largest absolute Gasteiger partial charge is 0.347 e. The number of aromatic nitrogens is 1. The molecular weight excluding hydrogens is 324 g/mol. The van der Waals surface area contributed by atoms with Gasteiger partial charge in [0.1, 0.15) is 0 Å². The average molecular weight is 332 g/mol. The molecule has 2 aromatic rings. The van der Waals surface area contributed by atoms with Crippen LogP contribution in [0, 0.1) is 0 Å². The topological polar surface area (TPSA) is 42.0 Å². The van der Waals surface area contributed by atoms with Crippen LogP contribution in [0.4, 0.5) is 0 Å². The van der Waals surface area contributed by atoms with Crippen LogP contribution in [-0.2, 0) is 6.54 Å². The van der Waals surface area contributed by atoms with Gasteiger partial charge in [-0.25, -0.2) is 0 Å². The molecule has 0 saturated carbocycles. The Morgan fingerprint density at radius 2 is 2.29 bits per heavy atom. The van der Waals surface area contributed by atoms with Crippen LogP contribution in [0.25, 0.3) is 0 Å². The summed E-state index contributed by atoms with van der Waals surface area (Å²) in [5.41, 5.74) is 0.393. The van der Waals surface area contributed by atoms with E-state index in [9.17, 15) is 4.79 Å². The first-order valence-electron chi connectivity index (χ1n) is 4.79. The zero-order valence-corrected chi connectivity index (χ0v) is 11.8. The number of nitrogens with zero attached hydrogens (tertiary/aromatic N) is 1. The zero-order valence-electron chi connectivity index (χ0n) is 8.61. The number of hydrogen-bond acceptors (Lipinski definition) is 3. The van der Waals surface area contributed by atoms with Crippen LogP contribution < -0.4 is 5.32 Å². The summed E-state index contributed by atoms with van der Waals surface area (Å²) in [6, 6.07) is 5.50. The third kappa shape index (κ3) is 3.28. The summed E-state index contributed by atoms with van der Waals surface area (Å²) in [6.07, 6.45) is 3.01. The highest BCUT2D eigenvalue weighted by atomic mass is 79.9. The van der Waals surface area contributed by atoms with Crippen LogP contribution in [0.15, 0.2) is 34.4 Å². The Bertz CT molecular complexity index is 544. The molecule has 0 aliphatic carbocycles. The summed E-state index contributed by atoms with van der Waals surface area (Å²) in [7, 11) is 0. The highest BCUT2D eigenvalue weighted by Crippen LogP contribution is 2.22. The van der Waals surface area contributed by atoms with E-state index in [1.54, 1.807) is 23.6 Å². The van der Waals surface area contributed by atoms with E-state index in [1.165, 1.54) is 6.20 Å². The maximum absolute atomic E-state index is 11.8. The molecule has 2 rings (SSSR count). The van der Waals surface area contributed by atoms with Crippen LogP contribution in [0.2, 0.25) is 5.02 Å². The van der Waals surface area contributed by atoms with Crippen molar-refractivity contribution >= 4 is 44.8 Å². The van der Waals surface area contributed by atoms with E-state index in [-0.39, 0.29) is 5.91 Å². The van der Waals surface area contributed by atoms with Gasteiger partial charge in [-0.1, -0.05) is 11.6 Å². The van der Waals surface area contributed by atoms with Crippen molar-refractivity contribution in [3.63, 3.8) is 0 Å². The number of nitrogens with one attached hydrogen (secondary N) is 1. The van der Waals surface area contributed by atoms with Crippen molar-refractivity contribution in [1.82, 2.24) is 10.3 Å². The van der Waals surface area contributed by atoms with Crippen LogP contribution in [-0.4, -0.2) is 10.9 Å². The number of carbonyl (C=O) groups excluding carboxylic acids is 1. The van der Waals surface area contributed by atoms with Crippen LogP contribution in [0.3, 0.4) is 0 Å². The quantitative estimate of drug-likeness (QED) is 0.935. The molecular formula is C11H8BrClN2OS. The van der Waals surface area contributed by atoms with Crippen LogP contribution >= 0.6 is 38.9 Å². The number of rotatable bonds is 3. The van der Waals surface area contributed by atoms with E-state index in [1.807, 2.05) is 12.1 Å². The average Bonchev–Trinajstić information content (AvgIpc) is 2.73. The van der Waals surface area contributed by atoms with Crippen molar-refractivity contribution in [3.8, 4) is 0 Å². The molecule has 0 atom stereocenters. The third-order valence-corrected chi connectivity index (χ3v) is 4.02. The van der Waals surface area contributed by atoms with Gasteiger partial charge in [0, 0.05) is 17.3 Å². The molecule has 1 N–H and O–H groups in total. The summed E-state index contributed by atoms with van der Waals surface area (Å²) in [5.74, 6) is -0.215. The third-order valence-electron chi connectivity index (χ3n) is 2.06. The number of carbonyl (C=O) groups is 1. The molecule has 2 aromatic heterocycles. The van der Waals surface area contributed by atoms with E-state index in [4.69, 9.17) is 11.6 Å². The number of thiophene rings is 1. The predicted octanol–water partition coefficient (Wildman–Crippen LogP) is 3.49. The summed E-state index contributed by atoms with van der Waals surface area (Å²) in [5, 5.41) is 3.20. The van der Waals surface area contributed by atoms with Gasteiger partial charge in [0.2, 0.25) is 0 Å². The molecule has 0 bridgehead atoms. The van der Waals surface area contributed by atoms with E-state index in [0.29, 0.717) is 17.1 Å². The first-order valence-corrected chi connectivity index (χ1v) is 6.77. The lowest BCUT2D eigenvalue weighted by Gasteiger charge is -2.04. The molecule has 0 fully saturated rings. The highest BCUT2D eigenvalue weighted by molar-refractivity contribution is 9.11. The monoisotopic (exact) mass is 330 g/mol. The Hall–Kier alpha value is -0.910. The molecule has 0 aliphatic heterocycles. The number of halogens is 2. The van der Waals surface area contributed by atoms with E-state index in [0.717, 1.165) is 8.66 Å². The smallest absolute Gasteiger partial charge is 0.254 e. The van der Waals surface area contributed by atoms with Crippen molar-refractivity contribution in [2.24, 2.45) is 0 Å². The lowest BCUT2D eigenvalue weighted by atomic mass is 10.2. The number of amides is 1. The second-order valence-electron chi connectivity index (χ2n) is 3.24. The lowest BCUT2D eigenvalue weighted by Crippen LogP contribution is -2.22. The summed E-state index contributed by atoms with van der Waals surface area (Å²) >= 11 is 10.9. The van der Waals surface area contributed by atoms with Crippen molar-refractivity contribution in [1.29, 1.82) is 0 Å². The Morgan fingerprint density at radius 1 is 1.47 bits per heavy atom. The molecule has 0 radical (unpaired) electrons. The number of hydrogen-bond donors (Lipinski definition) is 1. The molecule has 17 heavy (non-hydrogen) atoms. The minimum atomic E-state index is -0.215. The second kappa shape index (κ2) is 5.62. The highest BCUT2D eigenvalue weighted by Gasteiger charge is 2.09. The molecule has 6 heteroatoms. The van der Waals surface area contributed by atoms with E-state index in [2.05, 4.69) is 26.2 Å². The summed E-state index contributed by atoms with van der Waals surface area (Å²) in [6.45, 7) is 0.486. The molecule has 0 spiro atoms. The fourth-order valence-corrected chi connectivity index (χ4v) is 2.87. The van der Waals surface area contributed by atoms with Gasteiger partial charge in [-0.2, -0.15) is 0 Å². The van der Waals surface area contributed by atoms with Gasteiger partial charge in [0.15, 0.2) is 0 Å². The predicted molar refractivity (Wildman–Crippen MR) is 72.4 cm³/mol. The number of pyridine rings is 1. The normalized spacial score (nSPS) is 10.2. The fraction of sp³-hybridized carbons (Fsp3) is 0.0909. The van der Waals surface area contributed by atoms with Crippen molar-refractivity contribution in [2.75, 3.05) is 0 Å². The van der Waals surface area contributed by atoms with Crippen molar-refractivity contribution in [2.45, 2.75) is 6.54 Å². The minimum Gasteiger partial charge on any atom is -0.347 e. The molecule has 88 valence electrons. The van der Waals surface area contributed by atoms with Gasteiger partial charge in [-0.05, 0) is 34.1 Å². The molecule has 0 aromatic carbocycles. The Morgan fingerprint density at radius 3 is 2.94 bits per heavy atom. The molecule has 2 heterocycles. The molecule has 3 nitrogen and oxygen atoms in total. The Kier molecular flexibility index (Phi) is 4.15. The molecule has 0 saturated heterocycles. The zero-order chi connectivity index (χ0) is 12.3. The first kappa shape index (κ1) is 12.5. The van der Waals surface area contributed by atoms with Gasteiger partial charge in [0.25, 0.3) is 5.91 Å². The van der Waals surface area contributed by atoms with E-state index >= 15 is 0 Å². The van der Waals surface area contributed by atoms with Gasteiger partial charge in [-0.3, -0.25) is 9.78 Å². The van der Waals surface area contributed by atoms with E-state index < -0.39 is 0 Å². The first-order chi connectivity index (χ1) is 8.16. The molecule has 0 unspecified atom stereocenters. The summed E-state index contributed by atoms with van der Waals surface area (Å²) in [4.78, 5) is 16.8. The standard InChI is InChI=1S/C11H8BrClN2OS/c12-10-2-1-7(17-10)5-15-11(16)8-6-14-4-3-9(8)13/h1-4,6H,5H2,(H,15,16). The van der Waals surface area contributed by atoms with Crippen LogP contribution in [0.5, 0.6) is 0 Å². The van der Waals surface area contributed by atoms with Gasteiger partial charge in [-0.15, -0.1) is 11.3 Å². The van der Waals surface area contributed by atoms with Crippen molar-refractivity contribution < 1.29 is 4.79 Å². The van der Waals surface area contributed by atoms with Crippen molar-refractivity contribution in [3.05, 3.63) is 49.8 Å². The molecule has 1 amide bonds. The maximum atomic E-state index is 11.8. The van der Waals surface area contributed by atoms with Gasteiger partial charge >= 0.3 is 0 Å². The molecule has 0 aliphatic rings. The Balaban J connectivity index is 2.01. The summed E-state index contributed by atoms with van der Waals surface area (Å²) < 4.78 is 1.04. The fourth-order valence-electron chi connectivity index (χ4n) is 1.25. The second-order valence-corrected chi connectivity index (χ2v) is 6.20. The van der Waals surface area contributed by atoms with Gasteiger partial charge < -0.3 is 5.32 Å². The minimum absolute atomic E-state index is 0.215. The maximum Gasteiger partial charge on any atom is 0.254 e.